The third-order valence-corrected chi connectivity index (χ3v) is 4.40. The maximum absolute atomic E-state index is 10.5. The number of H-pyrrole nitrogens is 1. The van der Waals surface area contributed by atoms with E-state index in [9.17, 15) is 14.9 Å². The average Bonchev–Trinajstić information content (AvgIpc) is 3.19. The molecule has 0 bridgehead atoms. The van der Waals surface area contributed by atoms with Gasteiger partial charge in [-0.2, -0.15) is 0 Å². The summed E-state index contributed by atoms with van der Waals surface area (Å²) in [5.74, 6) is -0.525. The quantitative estimate of drug-likeness (QED) is 0.347. The average molecular weight is 434 g/mol. The molecule has 0 saturated carbocycles. The number of nitrogens with one attached hydrogen (secondary N) is 1. The summed E-state index contributed by atoms with van der Waals surface area (Å²) >= 11 is 5.94. The zero-order chi connectivity index (χ0) is 22.3. The predicted octanol–water partition coefficient (Wildman–Crippen LogP) is 2.99. The molecule has 0 saturated heterocycles. The number of rotatable bonds is 6. The molecule has 0 amide bonds. The molecule has 0 atom stereocenters. The number of hydrogen-bond donors (Lipinski definition) is 2. The first-order valence-electron chi connectivity index (χ1n) is 9.11. The van der Waals surface area contributed by atoms with E-state index in [4.69, 9.17) is 16.7 Å². The van der Waals surface area contributed by atoms with Gasteiger partial charge < -0.3 is 5.11 Å². The van der Waals surface area contributed by atoms with E-state index in [1.807, 2.05) is 29.3 Å². The van der Waals surface area contributed by atoms with Crippen LogP contribution in [0.1, 0.15) is 29.8 Å². The molecule has 0 radical (unpaired) electrons. The molecule has 0 fully saturated rings. The number of aromatic amines is 1. The molecule has 0 aliphatic carbocycles. The smallest absolute Gasteiger partial charge is 0.341 e. The van der Waals surface area contributed by atoms with Crippen LogP contribution >= 0.6 is 11.6 Å². The highest BCUT2D eigenvalue weighted by Crippen LogP contribution is 2.19. The fourth-order valence-electron chi connectivity index (χ4n) is 2.53. The van der Waals surface area contributed by atoms with Gasteiger partial charge >= 0.3 is 11.8 Å². The van der Waals surface area contributed by atoms with Crippen LogP contribution in [0.4, 0.5) is 5.69 Å². The lowest BCUT2D eigenvalue weighted by atomic mass is 10.1. The van der Waals surface area contributed by atoms with Crippen LogP contribution in [0.5, 0.6) is 0 Å². The number of aromatic carboxylic acids is 1. The van der Waals surface area contributed by atoms with Gasteiger partial charge in [-0.3, -0.25) is 10.1 Å². The zero-order valence-electron chi connectivity index (χ0n) is 16.7. The molecule has 3 rings (SSSR count). The molecule has 3 aromatic rings. The second kappa shape index (κ2) is 10.3. The summed E-state index contributed by atoms with van der Waals surface area (Å²) in [4.78, 5) is 21.9. The third kappa shape index (κ3) is 5.74. The first-order valence-corrected chi connectivity index (χ1v) is 9.48. The van der Waals surface area contributed by atoms with E-state index in [1.165, 1.54) is 12.1 Å². The van der Waals surface area contributed by atoms with Crippen LogP contribution in [-0.2, 0) is 0 Å². The molecular weight excluding hydrogens is 412 g/mol. The number of hydrogen-bond acceptors (Lipinski definition) is 6. The van der Waals surface area contributed by atoms with E-state index < -0.39 is 10.9 Å². The normalized spacial score (nSPS) is 10.1. The number of nitro benzene ring substituents is 1. The first kappa shape index (κ1) is 22.8. The minimum absolute atomic E-state index is 0.0719. The highest BCUT2D eigenvalue weighted by molar-refractivity contribution is 6.30. The Morgan fingerprint density at radius 3 is 2.53 bits per heavy atom. The van der Waals surface area contributed by atoms with E-state index >= 15 is 0 Å². The van der Waals surface area contributed by atoms with Gasteiger partial charge in [0, 0.05) is 21.8 Å². The Balaban J connectivity index is 0.000000222. The number of benzene rings is 2. The SMILES string of the molecule is CCN(CC)[n+]1nc(-c2cccc(Cl)c2)n[nH]1.Cc1ccc(C(=O)O)cc1[N+](=O)[O-]. The van der Waals surface area contributed by atoms with Crippen LogP contribution in [0.3, 0.4) is 0 Å². The van der Waals surface area contributed by atoms with E-state index in [0.29, 0.717) is 16.4 Å². The maximum Gasteiger partial charge on any atom is 0.341 e. The Bertz CT molecular complexity index is 1040. The fraction of sp³-hybridized carbons (Fsp3) is 0.263. The summed E-state index contributed by atoms with van der Waals surface area (Å²) in [6, 6.07) is 11.3. The number of nitrogens with zero attached hydrogens (tertiary/aromatic N) is 5. The van der Waals surface area contributed by atoms with Gasteiger partial charge in [0.05, 0.1) is 39.1 Å². The van der Waals surface area contributed by atoms with Crippen molar-refractivity contribution in [3.8, 4) is 11.4 Å². The lowest BCUT2D eigenvalue weighted by Gasteiger charge is -2.10. The molecule has 0 aliphatic rings. The van der Waals surface area contributed by atoms with Crippen molar-refractivity contribution in [1.82, 2.24) is 15.4 Å². The summed E-state index contributed by atoms with van der Waals surface area (Å²) in [6.07, 6.45) is 0. The molecule has 158 valence electrons. The molecule has 1 heterocycles. The van der Waals surface area contributed by atoms with E-state index in [-0.39, 0.29) is 11.3 Å². The van der Waals surface area contributed by atoms with Crippen molar-refractivity contribution in [2.24, 2.45) is 0 Å². The van der Waals surface area contributed by atoms with Crippen LogP contribution < -0.4 is 9.91 Å². The lowest BCUT2D eigenvalue weighted by Crippen LogP contribution is -2.61. The number of aryl methyl sites for hydroxylation is 1. The summed E-state index contributed by atoms with van der Waals surface area (Å²) in [5, 5.41) is 33.1. The molecule has 0 spiro atoms. The lowest BCUT2D eigenvalue weighted by molar-refractivity contribution is -0.800. The molecule has 2 aromatic carbocycles. The van der Waals surface area contributed by atoms with Crippen molar-refractivity contribution in [1.29, 1.82) is 0 Å². The number of aromatic nitrogens is 4. The largest absolute Gasteiger partial charge is 0.478 e. The maximum atomic E-state index is 10.5. The van der Waals surface area contributed by atoms with Crippen LogP contribution in [0.2, 0.25) is 5.02 Å². The van der Waals surface area contributed by atoms with Crippen molar-refractivity contribution in [3.05, 3.63) is 68.7 Å². The van der Waals surface area contributed by atoms with Crippen LogP contribution in [0.25, 0.3) is 11.4 Å². The zero-order valence-corrected chi connectivity index (χ0v) is 17.5. The van der Waals surface area contributed by atoms with Crippen LogP contribution in [-0.4, -0.2) is 44.5 Å². The van der Waals surface area contributed by atoms with Gasteiger partial charge in [0.15, 0.2) is 0 Å². The molecule has 30 heavy (non-hydrogen) atoms. The van der Waals surface area contributed by atoms with Gasteiger partial charge in [-0.15, -0.1) is 0 Å². The Morgan fingerprint density at radius 1 is 1.27 bits per heavy atom. The number of nitro groups is 1. The second-order valence-corrected chi connectivity index (χ2v) is 6.57. The predicted molar refractivity (Wildman–Crippen MR) is 111 cm³/mol. The molecule has 0 unspecified atom stereocenters. The minimum Gasteiger partial charge on any atom is -0.478 e. The third-order valence-electron chi connectivity index (χ3n) is 4.17. The van der Waals surface area contributed by atoms with Crippen LogP contribution in [0.15, 0.2) is 42.5 Å². The number of carboxylic acids is 1. The molecule has 2 N–H and O–H groups in total. The molecule has 11 heteroatoms. The van der Waals surface area contributed by atoms with E-state index in [0.717, 1.165) is 24.7 Å². The summed E-state index contributed by atoms with van der Waals surface area (Å²) in [7, 11) is 0. The Morgan fingerprint density at radius 2 is 1.97 bits per heavy atom. The van der Waals surface area contributed by atoms with Crippen molar-refractivity contribution in [3.63, 3.8) is 0 Å². The fourth-order valence-corrected chi connectivity index (χ4v) is 2.72. The van der Waals surface area contributed by atoms with Gasteiger partial charge in [-0.05, 0) is 50.3 Å². The van der Waals surface area contributed by atoms with Gasteiger partial charge in [0.1, 0.15) is 0 Å². The second-order valence-electron chi connectivity index (χ2n) is 6.14. The number of carboxylic acid groups (broad SMARTS) is 1. The summed E-state index contributed by atoms with van der Waals surface area (Å²) < 4.78 is 0. The van der Waals surface area contributed by atoms with Crippen molar-refractivity contribution < 1.29 is 19.7 Å². The Kier molecular flexibility index (Phi) is 7.82. The number of halogens is 1. The number of tetrazole rings is 1. The number of carbonyl (C=O) groups is 1. The van der Waals surface area contributed by atoms with E-state index in [2.05, 4.69) is 29.3 Å². The molecular formula is C19H22ClN6O4+. The van der Waals surface area contributed by atoms with Crippen molar-refractivity contribution in [2.75, 3.05) is 18.1 Å². The molecule has 1 aromatic heterocycles. The van der Waals surface area contributed by atoms with Crippen molar-refractivity contribution >= 4 is 23.3 Å². The minimum atomic E-state index is -1.16. The Labute approximate surface area is 177 Å². The Hall–Kier alpha value is -3.53. The van der Waals surface area contributed by atoms with E-state index in [1.54, 1.807) is 11.8 Å². The molecule has 10 nitrogen and oxygen atoms in total. The van der Waals surface area contributed by atoms with Gasteiger partial charge in [-0.1, -0.05) is 23.7 Å². The summed E-state index contributed by atoms with van der Waals surface area (Å²) in [6.45, 7) is 7.43. The van der Waals surface area contributed by atoms with Gasteiger partial charge in [0.25, 0.3) is 5.69 Å². The monoisotopic (exact) mass is 433 g/mol. The topological polar surface area (TPSA) is 129 Å². The highest BCUT2D eigenvalue weighted by atomic mass is 35.5. The first-order chi connectivity index (χ1) is 14.3. The highest BCUT2D eigenvalue weighted by Gasteiger charge is 2.17. The van der Waals surface area contributed by atoms with Crippen LogP contribution in [0, 0.1) is 17.0 Å². The summed E-state index contributed by atoms with van der Waals surface area (Å²) in [5.41, 5.74) is 1.12. The van der Waals surface area contributed by atoms with Gasteiger partial charge in [-0.25, -0.2) is 9.80 Å². The standard InChI is InChI=1S/C11H14ClN5.C8H7NO4/c1-3-16(4-2)17-14-11(13-15-17)9-6-5-7-10(12)8-9;1-5-2-3-6(8(10)11)4-7(5)9(12)13/h5-8H,3-4H2,1-2H3;2-4H,1H3,(H,10,11)/p+1. The van der Waals surface area contributed by atoms with Gasteiger partial charge in [0.2, 0.25) is 0 Å². The van der Waals surface area contributed by atoms with Crippen molar-refractivity contribution in [2.45, 2.75) is 20.8 Å². The molecule has 0 aliphatic heterocycles.